The third-order valence-corrected chi connectivity index (χ3v) is 2.35. The summed E-state index contributed by atoms with van der Waals surface area (Å²) in [4.78, 5) is 18.9. The zero-order chi connectivity index (χ0) is 10.4. The predicted molar refractivity (Wildman–Crippen MR) is 46.4 cm³/mol. The molecule has 0 spiro atoms. The van der Waals surface area contributed by atoms with Crippen LogP contribution in [0.25, 0.3) is 0 Å². The summed E-state index contributed by atoms with van der Waals surface area (Å²) in [5.74, 6) is 0.184. The van der Waals surface area contributed by atoms with Crippen molar-refractivity contribution >= 4 is 5.91 Å². The molecule has 0 aromatic carbocycles. The minimum atomic E-state index is -0.0947. The van der Waals surface area contributed by atoms with Crippen LogP contribution in [0, 0.1) is 11.8 Å². The van der Waals surface area contributed by atoms with Gasteiger partial charge in [-0.2, -0.15) is 0 Å². The van der Waals surface area contributed by atoms with Gasteiger partial charge in [0.1, 0.15) is 0 Å². The van der Waals surface area contributed by atoms with Crippen LogP contribution in [0.5, 0.6) is 0 Å². The number of hydrogen-bond acceptors (Lipinski definition) is 5. The molecule has 1 aliphatic heterocycles. The first kappa shape index (κ1) is 11.4. The van der Waals surface area contributed by atoms with Crippen molar-refractivity contribution in [3.8, 4) is 0 Å². The van der Waals surface area contributed by atoms with Gasteiger partial charge in [-0.25, -0.2) is 9.78 Å². The van der Waals surface area contributed by atoms with E-state index in [0.29, 0.717) is 19.4 Å². The lowest BCUT2D eigenvalue weighted by molar-refractivity contribution is -0.282. The molecule has 1 heterocycles. The predicted octanol–water partition coefficient (Wildman–Crippen LogP) is 0.108. The molecular weight excluding hydrogens is 190 g/mol. The van der Waals surface area contributed by atoms with Gasteiger partial charge in [0.25, 0.3) is 0 Å². The van der Waals surface area contributed by atoms with Crippen LogP contribution in [0.4, 0.5) is 0 Å². The van der Waals surface area contributed by atoms with Gasteiger partial charge in [-0.15, -0.1) is 0 Å². The van der Waals surface area contributed by atoms with Crippen LogP contribution in [0.15, 0.2) is 0 Å². The van der Waals surface area contributed by atoms with Crippen molar-refractivity contribution in [2.75, 3.05) is 19.8 Å². The van der Waals surface area contributed by atoms with E-state index >= 15 is 0 Å². The number of carbonyl (C=O) groups excluding carboxylic acids is 1. The van der Waals surface area contributed by atoms with Gasteiger partial charge in [-0.3, -0.25) is 15.3 Å². The van der Waals surface area contributed by atoms with E-state index in [0.717, 1.165) is 0 Å². The number of amides is 1. The average molecular weight is 205 g/mol. The van der Waals surface area contributed by atoms with Gasteiger partial charge in [0.05, 0.1) is 13.2 Å². The molecule has 1 aliphatic rings. The molecule has 0 radical (unpaired) electrons. The molecule has 82 valence electrons. The Hall–Kier alpha value is -0.690. The van der Waals surface area contributed by atoms with Crippen LogP contribution in [0.2, 0.25) is 0 Å². The van der Waals surface area contributed by atoms with Crippen LogP contribution >= 0.6 is 0 Å². The van der Waals surface area contributed by atoms with Crippen LogP contribution < -0.4 is 5.32 Å². The van der Waals surface area contributed by atoms with Gasteiger partial charge in [-0.1, -0.05) is 0 Å². The topological polar surface area (TPSA) is 88.0 Å². The largest absolute Gasteiger partial charge is 0.356 e. The summed E-state index contributed by atoms with van der Waals surface area (Å²) in [5.41, 5.74) is 0. The third-order valence-electron chi connectivity index (χ3n) is 2.35. The molecule has 1 atom stereocenters. The zero-order valence-electron chi connectivity index (χ0n) is 7.81. The van der Waals surface area contributed by atoms with E-state index in [-0.39, 0.29) is 31.0 Å². The van der Waals surface area contributed by atoms with Crippen molar-refractivity contribution in [1.82, 2.24) is 5.32 Å². The molecule has 1 amide bonds. The summed E-state index contributed by atoms with van der Waals surface area (Å²) in [6, 6.07) is 0. The summed E-state index contributed by atoms with van der Waals surface area (Å²) in [7, 11) is 0. The van der Waals surface area contributed by atoms with Crippen molar-refractivity contribution in [3.05, 3.63) is 0 Å². The first-order valence-corrected chi connectivity index (χ1v) is 4.55. The first-order chi connectivity index (χ1) is 6.76. The SMILES string of the molecule is O=C1CC(CC(COO)COO)CN1. The minimum absolute atomic E-state index is 0.0450. The van der Waals surface area contributed by atoms with Crippen LogP contribution in [-0.2, 0) is 14.6 Å². The molecule has 0 saturated carbocycles. The summed E-state index contributed by atoms with van der Waals surface area (Å²) >= 11 is 0. The quantitative estimate of drug-likeness (QED) is 0.423. The van der Waals surface area contributed by atoms with Gasteiger partial charge in [-0.05, 0) is 12.3 Å². The van der Waals surface area contributed by atoms with Crippen molar-refractivity contribution in [3.63, 3.8) is 0 Å². The lowest BCUT2D eigenvalue weighted by Gasteiger charge is -2.16. The van der Waals surface area contributed by atoms with E-state index in [1.807, 2.05) is 0 Å². The highest BCUT2D eigenvalue weighted by Crippen LogP contribution is 2.19. The Bertz CT molecular complexity index is 181. The van der Waals surface area contributed by atoms with Gasteiger partial charge < -0.3 is 5.32 Å². The van der Waals surface area contributed by atoms with E-state index in [2.05, 4.69) is 15.1 Å². The van der Waals surface area contributed by atoms with Gasteiger partial charge >= 0.3 is 0 Å². The molecule has 1 fully saturated rings. The average Bonchev–Trinajstić information content (AvgIpc) is 2.52. The van der Waals surface area contributed by atoms with Crippen molar-refractivity contribution in [2.45, 2.75) is 12.8 Å². The Labute approximate surface area is 81.7 Å². The van der Waals surface area contributed by atoms with E-state index in [1.54, 1.807) is 0 Å². The second-order valence-corrected chi connectivity index (χ2v) is 3.57. The lowest BCUT2D eigenvalue weighted by Crippen LogP contribution is -2.20. The number of nitrogens with one attached hydrogen (secondary N) is 1. The van der Waals surface area contributed by atoms with Crippen LogP contribution in [0.3, 0.4) is 0 Å². The van der Waals surface area contributed by atoms with Crippen molar-refractivity contribution in [2.24, 2.45) is 11.8 Å². The summed E-state index contributed by atoms with van der Waals surface area (Å²) in [6.45, 7) is 0.850. The van der Waals surface area contributed by atoms with E-state index in [9.17, 15) is 4.79 Å². The Kier molecular flexibility index (Phi) is 4.81. The van der Waals surface area contributed by atoms with Gasteiger partial charge in [0, 0.05) is 18.9 Å². The molecule has 1 unspecified atom stereocenters. The standard InChI is InChI=1S/C8H15NO5/c10-8-2-6(3-9-8)1-7(4-13-11)5-14-12/h6-7,11-12H,1-5H2,(H,9,10). The Balaban J connectivity index is 2.27. The van der Waals surface area contributed by atoms with E-state index in [1.165, 1.54) is 0 Å². The fourth-order valence-electron chi connectivity index (χ4n) is 1.70. The van der Waals surface area contributed by atoms with Crippen molar-refractivity contribution < 1.29 is 25.1 Å². The number of hydrogen-bond donors (Lipinski definition) is 3. The van der Waals surface area contributed by atoms with Crippen LogP contribution in [-0.4, -0.2) is 36.2 Å². The second kappa shape index (κ2) is 5.92. The summed E-state index contributed by atoms with van der Waals surface area (Å²) in [6.07, 6.45) is 1.17. The molecule has 0 aromatic rings. The normalized spacial score (nSPS) is 21.6. The van der Waals surface area contributed by atoms with Crippen LogP contribution in [0.1, 0.15) is 12.8 Å². The second-order valence-electron chi connectivity index (χ2n) is 3.57. The fraction of sp³-hybridized carbons (Fsp3) is 0.875. The number of rotatable bonds is 6. The lowest BCUT2D eigenvalue weighted by atomic mass is 9.95. The minimum Gasteiger partial charge on any atom is -0.356 e. The Morgan fingerprint density at radius 1 is 1.43 bits per heavy atom. The number of carbonyl (C=O) groups is 1. The van der Waals surface area contributed by atoms with Gasteiger partial charge in [0.15, 0.2) is 0 Å². The molecule has 3 N–H and O–H groups in total. The maximum absolute atomic E-state index is 10.9. The third kappa shape index (κ3) is 3.59. The summed E-state index contributed by atoms with van der Waals surface area (Å²) in [5, 5.41) is 19.3. The Morgan fingerprint density at radius 2 is 2.07 bits per heavy atom. The molecule has 14 heavy (non-hydrogen) atoms. The molecule has 1 saturated heterocycles. The monoisotopic (exact) mass is 205 g/mol. The molecule has 6 heteroatoms. The first-order valence-electron chi connectivity index (χ1n) is 4.55. The van der Waals surface area contributed by atoms with E-state index < -0.39 is 0 Å². The molecule has 0 aliphatic carbocycles. The maximum Gasteiger partial charge on any atom is 0.220 e. The van der Waals surface area contributed by atoms with E-state index in [4.69, 9.17) is 10.5 Å². The molecule has 1 rings (SSSR count). The van der Waals surface area contributed by atoms with Gasteiger partial charge in [0.2, 0.25) is 5.91 Å². The summed E-state index contributed by atoms with van der Waals surface area (Å²) < 4.78 is 0. The molecule has 6 nitrogen and oxygen atoms in total. The molecule has 0 bridgehead atoms. The van der Waals surface area contributed by atoms with Crippen molar-refractivity contribution in [1.29, 1.82) is 0 Å². The highest BCUT2D eigenvalue weighted by Gasteiger charge is 2.25. The molecule has 0 aromatic heterocycles. The highest BCUT2D eigenvalue weighted by molar-refractivity contribution is 5.78. The Morgan fingerprint density at radius 3 is 2.50 bits per heavy atom. The highest BCUT2D eigenvalue weighted by atomic mass is 17.1. The molecular formula is C8H15NO5. The zero-order valence-corrected chi connectivity index (χ0v) is 7.81. The maximum atomic E-state index is 10.9. The fourth-order valence-corrected chi connectivity index (χ4v) is 1.70. The smallest absolute Gasteiger partial charge is 0.220 e.